The summed E-state index contributed by atoms with van der Waals surface area (Å²) >= 11 is 0. The second kappa shape index (κ2) is 3.69. The van der Waals surface area contributed by atoms with E-state index in [1.165, 1.54) is 4.68 Å². The molecule has 7 heteroatoms. The van der Waals surface area contributed by atoms with Crippen LogP contribution in [0.2, 0.25) is 0 Å². The van der Waals surface area contributed by atoms with E-state index in [0.29, 0.717) is 16.9 Å². The van der Waals surface area contributed by atoms with E-state index in [2.05, 4.69) is 20.6 Å². The van der Waals surface area contributed by atoms with Crippen LogP contribution in [0.4, 0.5) is 5.69 Å². The van der Waals surface area contributed by atoms with Gasteiger partial charge in [0.15, 0.2) is 11.2 Å². The Morgan fingerprint density at radius 1 is 1.53 bits per heavy atom. The number of hydrogen-bond donors (Lipinski definition) is 2. The first-order valence-electron chi connectivity index (χ1n) is 5.08. The minimum Gasteiger partial charge on any atom is -0.480 e. The number of pyridine rings is 1. The molecule has 2 aromatic rings. The summed E-state index contributed by atoms with van der Waals surface area (Å²) in [5.74, 6) is -0.939. The molecule has 0 aliphatic carbocycles. The fourth-order valence-corrected chi connectivity index (χ4v) is 1.42. The highest BCUT2D eigenvalue weighted by Gasteiger charge is 2.27. The third kappa shape index (κ3) is 1.91. The number of anilines is 1. The molecular formula is C10H13N5O2. The molecule has 0 unspecified atom stereocenters. The number of aryl methyl sites for hydroxylation is 1. The lowest BCUT2D eigenvalue weighted by molar-refractivity contribution is -0.141. The van der Waals surface area contributed by atoms with E-state index in [4.69, 9.17) is 5.11 Å². The number of fused-ring (bicyclic) bond motifs is 1. The van der Waals surface area contributed by atoms with Gasteiger partial charge >= 0.3 is 5.97 Å². The largest absolute Gasteiger partial charge is 0.480 e. The Bertz CT molecular complexity index is 575. The van der Waals surface area contributed by atoms with Gasteiger partial charge in [0.2, 0.25) is 0 Å². The molecule has 17 heavy (non-hydrogen) atoms. The van der Waals surface area contributed by atoms with Crippen LogP contribution in [0.25, 0.3) is 11.2 Å². The van der Waals surface area contributed by atoms with Crippen molar-refractivity contribution in [3.8, 4) is 0 Å². The smallest absolute Gasteiger partial charge is 0.328 e. The molecular weight excluding hydrogens is 222 g/mol. The highest BCUT2D eigenvalue weighted by atomic mass is 16.4. The summed E-state index contributed by atoms with van der Waals surface area (Å²) in [5.41, 5.74) is 0.697. The second-order valence-corrected chi connectivity index (χ2v) is 4.30. The summed E-state index contributed by atoms with van der Waals surface area (Å²) in [4.78, 5) is 15.2. The molecule has 0 spiro atoms. The highest BCUT2D eigenvalue weighted by molar-refractivity contribution is 5.89. The number of aliphatic carboxylic acids is 1. The molecule has 0 fully saturated rings. The summed E-state index contributed by atoms with van der Waals surface area (Å²) < 4.78 is 1.54. The van der Waals surface area contributed by atoms with Crippen LogP contribution in [0.3, 0.4) is 0 Å². The summed E-state index contributed by atoms with van der Waals surface area (Å²) in [6, 6.07) is 1.68. The maximum Gasteiger partial charge on any atom is 0.328 e. The van der Waals surface area contributed by atoms with E-state index < -0.39 is 11.5 Å². The van der Waals surface area contributed by atoms with Crippen LogP contribution >= 0.6 is 0 Å². The van der Waals surface area contributed by atoms with Crippen LogP contribution in [-0.2, 0) is 11.8 Å². The van der Waals surface area contributed by atoms with Gasteiger partial charge in [-0.25, -0.2) is 14.5 Å². The van der Waals surface area contributed by atoms with Crippen LogP contribution in [-0.4, -0.2) is 36.6 Å². The van der Waals surface area contributed by atoms with E-state index in [1.807, 2.05) is 0 Å². The monoisotopic (exact) mass is 235 g/mol. The molecule has 2 heterocycles. The van der Waals surface area contributed by atoms with Gasteiger partial charge in [-0.15, -0.1) is 5.10 Å². The third-order valence-electron chi connectivity index (χ3n) is 2.47. The van der Waals surface area contributed by atoms with Crippen LogP contribution in [0.15, 0.2) is 12.3 Å². The first-order valence-corrected chi connectivity index (χ1v) is 5.08. The number of rotatable bonds is 3. The molecule has 0 bridgehead atoms. The van der Waals surface area contributed by atoms with Crippen molar-refractivity contribution in [3.05, 3.63) is 12.3 Å². The minimum atomic E-state index is -1.08. The fraction of sp³-hybridized carbons (Fsp3) is 0.400. The Kier molecular flexibility index (Phi) is 2.45. The van der Waals surface area contributed by atoms with Gasteiger partial charge < -0.3 is 10.4 Å². The number of aromatic nitrogens is 4. The van der Waals surface area contributed by atoms with Crippen LogP contribution in [0.5, 0.6) is 0 Å². The third-order valence-corrected chi connectivity index (χ3v) is 2.47. The van der Waals surface area contributed by atoms with Gasteiger partial charge in [0.05, 0.1) is 5.69 Å². The molecule has 2 aromatic heterocycles. The Morgan fingerprint density at radius 2 is 2.24 bits per heavy atom. The molecule has 7 nitrogen and oxygen atoms in total. The van der Waals surface area contributed by atoms with Gasteiger partial charge in [0.25, 0.3) is 0 Å². The lowest BCUT2D eigenvalue weighted by Crippen LogP contribution is -2.40. The average Bonchev–Trinajstić information content (AvgIpc) is 2.61. The number of carboxylic acids is 1. The number of hydrogen-bond acceptors (Lipinski definition) is 5. The molecule has 0 saturated carbocycles. The zero-order valence-electron chi connectivity index (χ0n) is 9.80. The van der Waals surface area contributed by atoms with Gasteiger partial charge in [0, 0.05) is 13.2 Å². The molecule has 0 aliphatic rings. The van der Waals surface area contributed by atoms with Gasteiger partial charge in [-0.3, -0.25) is 0 Å². The number of carboxylic acid groups (broad SMARTS) is 1. The lowest BCUT2D eigenvalue weighted by Gasteiger charge is -2.22. The van der Waals surface area contributed by atoms with Crippen molar-refractivity contribution in [3.63, 3.8) is 0 Å². The predicted octanol–water partition coefficient (Wildman–Crippen LogP) is 0.638. The predicted molar refractivity (Wildman–Crippen MR) is 61.6 cm³/mol. The molecule has 2 rings (SSSR count). The summed E-state index contributed by atoms with van der Waals surface area (Å²) in [5, 5.41) is 19.8. The van der Waals surface area contributed by atoms with Gasteiger partial charge in [-0.1, -0.05) is 5.21 Å². The van der Waals surface area contributed by atoms with Gasteiger partial charge in [-0.05, 0) is 19.9 Å². The SMILES string of the molecule is Cn1nnc2c(NC(C)(C)C(=O)O)ccnc21. The van der Waals surface area contributed by atoms with Crippen molar-refractivity contribution in [1.29, 1.82) is 0 Å². The molecule has 0 aliphatic heterocycles. The molecule has 0 amide bonds. The zero-order chi connectivity index (χ0) is 12.6. The van der Waals surface area contributed by atoms with E-state index in [9.17, 15) is 4.79 Å². The van der Waals surface area contributed by atoms with E-state index in [1.54, 1.807) is 33.2 Å². The first kappa shape index (κ1) is 11.3. The van der Waals surface area contributed by atoms with Crippen LogP contribution < -0.4 is 5.32 Å². The normalized spacial score (nSPS) is 11.7. The molecule has 2 N–H and O–H groups in total. The highest BCUT2D eigenvalue weighted by Crippen LogP contribution is 2.22. The van der Waals surface area contributed by atoms with Gasteiger partial charge in [0.1, 0.15) is 5.54 Å². The fourth-order valence-electron chi connectivity index (χ4n) is 1.42. The van der Waals surface area contributed by atoms with Crippen molar-refractivity contribution in [2.45, 2.75) is 19.4 Å². The van der Waals surface area contributed by atoms with Crippen molar-refractivity contribution in [2.75, 3.05) is 5.32 Å². The Morgan fingerprint density at radius 3 is 2.88 bits per heavy atom. The maximum atomic E-state index is 11.0. The van der Waals surface area contributed by atoms with Gasteiger partial charge in [-0.2, -0.15) is 0 Å². The second-order valence-electron chi connectivity index (χ2n) is 4.30. The van der Waals surface area contributed by atoms with Crippen LogP contribution in [0, 0.1) is 0 Å². The quantitative estimate of drug-likeness (QED) is 0.810. The number of carbonyl (C=O) groups is 1. The molecule has 90 valence electrons. The van der Waals surface area contributed by atoms with E-state index in [-0.39, 0.29) is 0 Å². The molecule has 0 saturated heterocycles. The summed E-state index contributed by atoms with van der Waals surface area (Å²) in [6.45, 7) is 3.16. The summed E-state index contributed by atoms with van der Waals surface area (Å²) in [7, 11) is 1.73. The maximum absolute atomic E-state index is 11.0. The Hall–Kier alpha value is -2.18. The van der Waals surface area contributed by atoms with Crippen molar-refractivity contribution in [2.24, 2.45) is 7.05 Å². The lowest BCUT2D eigenvalue weighted by atomic mass is 10.1. The van der Waals surface area contributed by atoms with Crippen molar-refractivity contribution < 1.29 is 9.90 Å². The number of nitrogens with zero attached hydrogens (tertiary/aromatic N) is 4. The topological polar surface area (TPSA) is 92.9 Å². The average molecular weight is 235 g/mol. The van der Waals surface area contributed by atoms with E-state index in [0.717, 1.165) is 0 Å². The van der Waals surface area contributed by atoms with Crippen molar-refractivity contribution in [1.82, 2.24) is 20.0 Å². The first-order chi connectivity index (χ1) is 7.92. The van der Waals surface area contributed by atoms with Crippen LogP contribution in [0.1, 0.15) is 13.8 Å². The molecule has 0 radical (unpaired) electrons. The van der Waals surface area contributed by atoms with Crippen molar-refractivity contribution >= 4 is 22.8 Å². The Balaban J connectivity index is 2.46. The summed E-state index contributed by atoms with van der Waals surface area (Å²) in [6.07, 6.45) is 1.59. The Labute approximate surface area is 97.5 Å². The molecule has 0 aromatic carbocycles. The zero-order valence-corrected chi connectivity index (χ0v) is 9.80. The number of nitrogens with one attached hydrogen (secondary N) is 1. The minimum absolute atomic E-state index is 0.560. The van der Waals surface area contributed by atoms with E-state index >= 15 is 0 Å². The molecule has 0 atom stereocenters. The standard InChI is InChI=1S/C10H13N5O2/c1-10(2,9(16)17)12-6-4-5-11-8-7(6)13-14-15(8)3/h4-5H,1-3H3,(H,11,12)(H,16,17).